The molecule has 3 rings (SSSR count). The second-order valence-corrected chi connectivity index (χ2v) is 4.65. The number of carbonyl (C=O) groups excluding carboxylic acids is 1. The molecule has 3 aromatic rings. The molecule has 2 heteroatoms. The fourth-order valence-corrected chi connectivity index (χ4v) is 2.39. The molecular formula is C19H14O2. The predicted octanol–water partition coefficient (Wildman–Crippen LogP) is 4.60. The maximum Gasteiger partial charge on any atom is 0.335 e. The molecule has 0 aliphatic rings. The molecule has 2 nitrogen and oxygen atoms in total. The van der Waals surface area contributed by atoms with Crippen LogP contribution >= 0.6 is 0 Å². The Balaban J connectivity index is 2.19. The topological polar surface area (TPSA) is 26.3 Å². The lowest BCUT2D eigenvalue weighted by Gasteiger charge is -2.11. The van der Waals surface area contributed by atoms with Gasteiger partial charge in [-0.2, -0.15) is 0 Å². The first-order valence-corrected chi connectivity index (χ1v) is 6.71. The summed E-state index contributed by atoms with van der Waals surface area (Å²) in [6.07, 6.45) is 1.17. The Bertz CT molecular complexity index is 813. The average molecular weight is 274 g/mol. The zero-order valence-corrected chi connectivity index (χ0v) is 11.5. The number of para-hydroxylation sites is 1. The van der Waals surface area contributed by atoms with E-state index >= 15 is 0 Å². The molecule has 0 heterocycles. The smallest absolute Gasteiger partial charge is 0.335 e. The standard InChI is InChI=1S/C19H14O2/c1-2-19(20)21-18-13-6-5-11-17(18)16-12-7-9-14-8-3-4-10-15(14)16/h2-13H,1H2. The predicted molar refractivity (Wildman–Crippen MR) is 85.2 cm³/mol. The normalized spacial score (nSPS) is 10.3. The Labute approximate surface area is 123 Å². The van der Waals surface area contributed by atoms with Crippen LogP contribution in [0.4, 0.5) is 0 Å². The second kappa shape index (κ2) is 5.63. The van der Waals surface area contributed by atoms with Gasteiger partial charge in [0.15, 0.2) is 0 Å². The fraction of sp³-hybridized carbons (Fsp3) is 0. The molecule has 0 aliphatic heterocycles. The van der Waals surface area contributed by atoms with Crippen molar-refractivity contribution in [3.63, 3.8) is 0 Å². The molecule has 0 fully saturated rings. The van der Waals surface area contributed by atoms with Crippen molar-refractivity contribution in [3.8, 4) is 16.9 Å². The summed E-state index contributed by atoms with van der Waals surface area (Å²) in [5, 5.41) is 2.28. The molecule has 0 aliphatic carbocycles. The van der Waals surface area contributed by atoms with Gasteiger partial charge < -0.3 is 4.74 Å². The van der Waals surface area contributed by atoms with Crippen molar-refractivity contribution in [2.75, 3.05) is 0 Å². The van der Waals surface area contributed by atoms with E-state index in [2.05, 4.69) is 24.8 Å². The van der Waals surface area contributed by atoms with Crippen LogP contribution in [0.5, 0.6) is 5.75 Å². The van der Waals surface area contributed by atoms with Crippen LogP contribution in [0.1, 0.15) is 0 Å². The highest BCUT2D eigenvalue weighted by molar-refractivity contribution is 5.98. The third-order valence-electron chi connectivity index (χ3n) is 3.34. The molecular weight excluding hydrogens is 260 g/mol. The minimum absolute atomic E-state index is 0.456. The van der Waals surface area contributed by atoms with Crippen LogP contribution in [-0.4, -0.2) is 5.97 Å². The minimum atomic E-state index is -0.456. The number of hydrogen-bond donors (Lipinski definition) is 0. The van der Waals surface area contributed by atoms with E-state index in [4.69, 9.17) is 4.74 Å². The van der Waals surface area contributed by atoms with E-state index in [-0.39, 0.29) is 0 Å². The number of esters is 1. The Hall–Kier alpha value is -2.87. The monoisotopic (exact) mass is 274 g/mol. The van der Waals surface area contributed by atoms with E-state index in [1.54, 1.807) is 6.07 Å². The summed E-state index contributed by atoms with van der Waals surface area (Å²) < 4.78 is 5.34. The van der Waals surface area contributed by atoms with E-state index < -0.39 is 5.97 Å². The highest BCUT2D eigenvalue weighted by Crippen LogP contribution is 2.34. The van der Waals surface area contributed by atoms with E-state index in [1.807, 2.05) is 42.5 Å². The maximum absolute atomic E-state index is 11.5. The van der Waals surface area contributed by atoms with Crippen LogP contribution in [0.15, 0.2) is 79.4 Å². The molecule has 0 amide bonds. The number of carbonyl (C=O) groups is 1. The summed E-state index contributed by atoms with van der Waals surface area (Å²) in [6.45, 7) is 3.43. The molecule has 0 unspecified atom stereocenters. The van der Waals surface area contributed by atoms with Gasteiger partial charge in [-0.15, -0.1) is 0 Å². The van der Waals surface area contributed by atoms with Crippen LogP contribution in [0.25, 0.3) is 21.9 Å². The van der Waals surface area contributed by atoms with Crippen LogP contribution in [0.3, 0.4) is 0 Å². The van der Waals surface area contributed by atoms with Gasteiger partial charge in [0.05, 0.1) is 0 Å². The minimum Gasteiger partial charge on any atom is -0.423 e. The van der Waals surface area contributed by atoms with Gasteiger partial charge in [-0.1, -0.05) is 67.2 Å². The first kappa shape index (κ1) is 13.1. The third kappa shape index (κ3) is 2.56. The molecule has 3 aromatic carbocycles. The number of benzene rings is 3. The summed E-state index contributed by atoms with van der Waals surface area (Å²) in [5.41, 5.74) is 1.94. The van der Waals surface area contributed by atoms with Gasteiger partial charge in [-0.3, -0.25) is 0 Å². The molecule has 0 saturated heterocycles. The van der Waals surface area contributed by atoms with Gasteiger partial charge in [0.25, 0.3) is 0 Å². The van der Waals surface area contributed by atoms with Crippen molar-refractivity contribution in [1.82, 2.24) is 0 Å². The highest BCUT2D eigenvalue weighted by Gasteiger charge is 2.10. The van der Waals surface area contributed by atoms with E-state index in [9.17, 15) is 4.79 Å². The largest absolute Gasteiger partial charge is 0.423 e. The third-order valence-corrected chi connectivity index (χ3v) is 3.34. The first-order valence-electron chi connectivity index (χ1n) is 6.71. The number of hydrogen-bond acceptors (Lipinski definition) is 2. The molecule has 102 valence electrons. The Morgan fingerprint density at radius 2 is 1.52 bits per heavy atom. The molecule has 21 heavy (non-hydrogen) atoms. The lowest BCUT2D eigenvalue weighted by Crippen LogP contribution is -2.04. The van der Waals surface area contributed by atoms with Crippen LogP contribution in [0.2, 0.25) is 0 Å². The molecule has 0 atom stereocenters. The lowest BCUT2D eigenvalue weighted by molar-refractivity contribution is -0.128. The lowest BCUT2D eigenvalue weighted by atomic mass is 9.98. The van der Waals surface area contributed by atoms with Gasteiger partial charge in [0.1, 0.15) is 5.75 Å². The van der Waals surface area contributed by atoms with E-state index in [1.165, 1.54) is 6.08 Å². The molecule has 0 spiro atoms. The SMILES string of the molecule is C=CC(=O)Oc1ccccc1-c1cccc2ccccc12. The second-order valence-electron chi connectivity index (χ2n) is 4.65. The van der Waals surface area contributed by atoms with Crippen LogP contribution < -0.4 is 4.74 Å². The molecule has 0 bridgehead atoms. The number of fused-ring (bicyclic) bond motifs is 1. The van der Waals surface area contributed by atoms with Gasteiger partial charge >= 0.3 is 5.97 Å². The average Bonchev–Trinajstić information content (AvgIpc) is 2.55. The van der Waals surface area contributed by atoms with Gasteiger partial charge in [0.2, 0.25) is 0 Å². The summed E-state index contributed by atoms with van der Waals surface area (Å²) in [7, 11) is 0. The van der Waals surface area contributed by atoms with E-state index in [0.717, 1.165) is 21.9 Å². The van der Waals surface area contributed by atoms with E-state index in [0.29, 0.717) is 5.75 Å². The molecule has 0 radical (unpaired) electrons. The Morgan fingerprint density at radius 1 is 0.857 bits per heavy atom. The van der Waals surface area contributed by atoms with Crippen molar-refractivity contribution in [3.05, 3.63) is 79.4 Å². The van der Waals surface area contributed by atoms with Crippen molar-refractivity contribution >= 4 is 16.7 Å². The van der Waals surface area contributed by atoms with Crippen molar-refractivity contribution < 1.29 is 9.53 Å². The summed E-state index contributed by atoms with van der Waals surface area (Å²) in [5.74, 6) is 0.0847. The molecule has 0 N–H and O–H groups in total. The van der Waals surface area contributed by atoms with Crippen molar-refractivity contribution in [2.45, 2.75) is 0 Å². The van der Waals surface area contributed by atoms with Crippen molar-refractivity contribution in [1.29, 1.82) is 0 Å². The quantitative estimate of drug-likeness (QED) is 0.396. The highest BCUT2D eigenvalue weighted by atomic mass is 16.5. The molecule has 0 saturated carbocycles. The van der Waals surface area contributed by atoms with Crippen LogP contribution in [0, 0.1) is 0 Å². The maximum atomic E-state index is 11.5. The fourth-order valence-electron chi connectivity index (χ4n) is 2.39. The number of ether oxygens (including phenoxy) is 1. The first-order chi connectivity index (χ1) is 10.3. The Morgan fingerprint density at radius 3 is 2.38 bits per heavy atom. The summed E-state index contributed by atoms with van der Waals surface area (Å²) >= 11 is 0. The van der Waals surface area contributed by atoms with Gasteiger partial charge in [-0.05, 0) is 22.4 Å². The van der Waals surface area contributed by atoms with Gasteiger partial charge in [-0.25, -0.2) is 4.79 Å². The number of rotatable bonds is 3. The zero-order valence-electron chi connectivity index (χ0n) is 11.5. The van der Waals surface area contributed by atoms with Crippen LogP contribution in [-0.2, 0) is 4.79 Å². The van der Waals surface area contributed by atoms with Crippen molar-refractivity contribution in [2.24, 2.45) is 0 Å². The molecule has 0 aromatic heterocycles. The summed E-state index contributed by atoms with van der Waals surface area (Å²) in [6, 6.07) is 21.8. The zero-order chi connectivity index (χ0) is 14.7. The summed E-state index contributed by atoms with van der Waals surface area (Å²) in [4.78, 5) is 11.5. The van der Waals surface area contributed by atoms with Gasteiger partial charge in [0, 0.05) is 11.6 Å². The Kier molecular flexibility index (Phi) is 3.52.